The molecule has 2 aromatic carbocycles. The van der Waals surface area contributed by atoms with E-state index in [4.69, 9.17) is 9.47 Å². The predicted octanol–water partition coefficient (Wildman–Crippen LogP) is 3.69. The smallest absolute Gasteiger partial charge is 0.257 e. The van der Waals surface area contributed by atoms with E-state index in [0.717, 1.165) is 0 Å². The van der Waals surface area contributed by atoms with Crippen LogP contribution in [-0.2, 0) is 10.5 Å². The summed E-state index contributed by atoms with van der Waals surface area (Å²) in [6.45, 7) is 0. The first-order chi connectivity index (χ1) is 15.0. The molecule has 0 saturated carbocycles. The Morgan fingerprint density at radius 1 is 1.13 bits per heavy atom. The Morgan fingerprint density at radius 3 is 2.68 bits per heavy atom. The van der Waals surface area contributed by atoms with Gasteiger partial charge in [0.2, 0.25) is 5.91 Å². The summed E-state index contributed by atoms with van der Waals surface area (Å²) in [6.07, 6.45) is 0.0724. The number of aromatic amines is 1. The Hall–Kier alpha value is -3.33. The van der Waals surface area contributed by atoms with Gasteiger partial charge in [0.05, 0.1) is 19.8 Å². The van der Waals surface area contributed by atoms with Crippen molar-refractivity contribution in [3.63, 3.8) is 0 Å². The summed E-state index contributed by atoms with van der Waals surface area (Å²) in [5.41, 5.74) is 1.14. The van der Waals surface area contributed by atoms with Gasteiger partial charge in [-0.25, -0.2) is 9.37 Å². The lowest BCUT2D eigenvalue weighted by Crippen LogP contribution is -2.31. The number of amides is 1. The molecule has 1 unspecified atom stereocenters. The van der Waals surface area contributed by atoms with Crippen molar-refractivity contribution in [2.24, 2.45) is 0 Å². The van der Waals surface area contributed by atoms with Crippen LogP contribution in [0.1, 0.15) is 29.0 Å². The number of halogens is 1. The maximum Gasteiger partial charge on any atom is 0.257 e. The molecule has 0 radical (unpaired) electrons. The molecular weight excluding hydrogens is 421 g/mol. The average molecular weight is 441 g/mol. The monoisotopic (exact) mass is 441 g/mol. The highest BCUT2D eigenvalue weighted by molar-refractivity contribution is 7.98. The number of H-pyrrole nitrogens is 1. The number of carbonyl (C=O) groups excluding carboxylic acids is 1. The Kier molecular flexibility index (Phi) is 5.94. The number of para-hydroxylation sites is 1. The van der Waals surface area contributed by atoms with Gasteiger partial charge >= 0.3 is 0 Å². The third-order valence-electron chi connectivity index (χ3n) is 5.06. The lowest BCUT2D eigenvalue weighted by atomic mass is 9.86. The summed E-state index contributed by atoms with van der Waals surface area (Å²) in [5, 5.41) is 2.98. The van der Waals surface area contributed by atoms with Gasteiger partial charge in [-0.1, -0.05) is 42.1 Å². The van der Waals surface area contributed by atoms with E-state index in [1.54, 1.807) is 36.4 Å². The molecule has 9 heteroatoms. The van der Waals surface area contributed by atoms with Crippen molar-refractivity contribution in [1.82, 2.24) is 9.97 Å². The zero-order valence-corrected chi connectivity index (χ0v) is 17.7. The highest BCUT2D eigenvalue weighted by Gasteiger charge is 2.33. The van der Waals surface area contributed by atoms with Crippen molar-refractivity contribution in [2.45, 2.75) is 23.2 Å². The van der Waals surface area contributed by atoms with Crippen LogP contribution in [0.25, 0.3) is 0 Å². The Labute approximate surface area is 182 Å². The number of methoxy groups -OCH3 is 2. The highest BCUT2D eigenvalue weighted by atomic mass is 32.2. The third kappa shape index (κ3) is 4.13. The van der Waals surface area contributed by atoms with Crippen LogP contribution in [0.15, 0.2) is 52.4 Å². The molecule has 2 heterocycles. The van der Waals surface area contributed by atoms with E-state index >= 15 is 0 Å². The number of thioether (sulfide) groups is 1. The van der Waals surface area contributed by atoms with Gasteiger partial charge in [0.1, 0.15) is 11.6 Å². The van der Waals surface area contributed by atoms with E-state index in [1.807, 2.05) is 0 Å². The van der Waals surface area contributed by atoms with Gasteiger partial charge in [-0.3, -0.25) is 9.59 Å². The van der Waals surface area contributed by atoms with Gasteiger partial charge in [0.15, 0.2) is 16.7 Å². The van der Waals surface area contributed by atoms with Crippen molar-refractivity contribution in [3.05, 3.63) is 75.3 Å². The first-order valence-corrected chi connectivity index (χ1v) is 10.5. The minimum Gasteiger partial charge on any atom is -0.493 e. The summed E-state index contributed by atoms with van der Waals surface area (Å²) in [4.78, 5) is 32.6. The number of aromatic nitrogens is 2. The molecule has 160 valence electrons. The molecule has 1 aromatic heterocycles. The molecule has 1 amide bonds. The van der Waals surface area contributed by atoms with E-state index in [0.29, 0.717) is 33.3 Å². The molecule has 7 nitrogen and oxygen atoms in total. The van der Waals surface area contributed by atoms with E-state index < -0.39 is 5.92 Å². The van der Waals surface area contributed by atoms with Crippen LogP contribution in [0.2, 0.25) is 0 Å². The fourth-order valence-corrected chi connectivity index (χ4v) is 4.48. The average Bonchev–Trinajstić information content (AvgIpc) is 2.77. The number of anilines is 1. The molecule has 31 heavy (non-hydrogen) atoms. The quantitative estimate of drug-likeness (QED) is 0.448. The summed E-state index contributed by atoms with van der Waals surface area (Å²) < 4.78 is 24.7. The summed E-state index contributed by atoms with van der Waals surface area (Å²) in [7, 11) is 3.03. The minimum absolute atomic E-state index is 0.0724. The molecule has 0 bridgehead atoms. The standard InChI is InChI=1S/C22H20FN3O4S/c1-29-16-9-5-7-13(19(16)30-2)14-10-17(27)24-20-18(14)21(28)26-22(25-20)31-11-12-6-3-4-8-15(12)23/h3-9,14H,10-11H2,1-2H3,(H2,24,25,26,27,28). The molecule has 0 spiro atoms. The van der Waals surface area contributed by atoms with Crippen molar-refractivity contribution in [3.8, 4) is 11.5 Å². The number of nitrogens with one attached hydrogen (secondary N) is 2. The number of nitrogens with zero attached hydrogens (tertiary/aromatic N) is 1. The lowest BCUT2D eigenvalue weighted by Gasteiger charge is -2.26. The zero-order chi connectivity index (χ0) is 22.0. The maximum atomic E-state index is 13.9. The number of hydrogen-bond donors (Lipinski definition) is 2. The van der Waals surface area contributed by atoms with E-state index in [-0.39, 0.29) is 35.3 Å². The fraction of sp³-hybridized carbons (Fsp3) is 0.227. The van der Waals surface area contributed by atoms with Crippen LogP contribution in [0.5, 0.6) is 11.5 Å². The number of fused-ring (bicyclic) bond motifs is 1. The first kappa shape index (κ1) is 20.9. The van der Waals surface area contributed by atoms with Crippen LogP contribution < -0.4 is 20.3 Å². The predicted molar refractivity (Wildman–Crippen MR) is 115 cm³/mol. The van der Waals surface area contributed by atoms with Crippen molar-refractivity contribution < 1.29 is 18.7 Å². The van der Waals surface area contributed by atoms with E-state index in [2.05, 4.69) is 15.3 Å². The van der Waals surface area contributed by atoms with Crippen LogP contribution in [0.3, 0.4) is 0 Å². The third-order valence-corrected chi connectivity index (χ3v) is 5.98. The van der Waals surface area contributed by atoms with Crippen molar-refractivity contribution >= 4 is 23.5 Å². The van der Waals surface area contributed by atoms with Crippen LogP contribution in [-0.4, -0.2) is 30.1 Å². The molecule has 0 saturated heterocycles. The summed E-state index contributed by atoms with van der Waals surface area (Å²) in [6, 6.07) is 11.7. The van der Waals surface area contributed by atoms with Gasteiger partial charge in [0, 0.05) is 23.7 Å². The molecule has 1 atom stereocenters. The number of hydrogen-bond acceptors (Lipinski definition) is 6. The molecule has 2 N–H and O–H groups in total. The normalized spacial score (nSPS) is 15.2. The maximum absolute atomic E-state index is 13.9. The van der Waals surface area contributed by atoms with Crippen molar-refractivity contribution in [2.75, 3.05) is 19.5 Å². The van der Waals surface area contributed by atoms with Crippen LogP contribution in [0, 0.1) is 5.82 Å². The summed E-state index contributed by atoms with van der Waals surface area (Å²) >= 11 is 1.18. The molecule has 0 fully saturated rings. The van der Waals surface area contributed by atoms with Gasteiger partial charge in [0.25, 0.3) is 5.56 Å². The lowest BCUT2D eigenvalue weighted by molar-refractivity contribution is -0.116. The number of rotatable bonds is 6. The Bertz CT molecular complexity index is 1200. The van der Waals surface area contributed by atoms with Gasteiger partial charge in [-0.2, -0.15) is 0 Å². The molecular formula is C22H20FN3O4S. The SMILES string of the molecule is COc1cccc(C2CC(=O)Nc3nc(SCc4ccccc4F)[nH]c(=O)c32)c1OC. The Morgan fingerprint density at radius 2 is 1.94 bits per heavy atom. The van der Waals surface area contributed by atoms with Crippen LogP contribution in [0.4, 0.5) is 10.2 Å². The molecule has 3 aromatic rings. The fourth-order valence-electron chi connectivity index (χ4n) is 3.63. The number of benzene rings is 2. The summed E-state index contributed by atoms with van der Waals surface area (Å²) in [5.74, 6) is 0.332. The van der Waals surface area contributed by atoms with E-state index in [1.165, 1.54) is 32.0 Å². The van der Waals surface area contributed by atoms with Gasteiger partial charge in [-0.15, -0.1) is 0 Å². The number of carbonyl (C=O) groups is 1. The van der Waals surface area contributed by atoms with Crippen LogP contribution >= 0.6 is 11.8 Å². The highest BCUT2D eigenvalue weighted by Crippen LogP contribution is 2.42. The molecule has 1 aliphatic rings. The second-order valence-electron chi connectivity index (χ2n) is 6.90. The van der Waals surface area contributed by atoms with Crippen molar-refractivity contribution in [1.29, 1.82) is 0 Å². The first-order valence-electron chi connectivity index (χ1n) is 9.53. The Balaban J connectivity index is 1.71. The van der Waals surface area contributed by atoms with E-state index in [9.17, 15) is 14.0 Å². The molecule has 4 rings (SSSR count). The second-order valence-corrected chi connectivity index (χ2v) is 7.87. The van der Waals surface area contributed by atoms with Gasteiger partial charge < -0.3 is 19.8 Å². The molecule has 0 aliphatic carbocycles. The molecule has 1 aliphatic heterocycles. The van der Waals surface area contributed by atoms with Gasteiger partial charge in [-0.05, 0) is 17.7 Å². The number of ether oxygens (including phenoxy) is 2. The largest absolute Gasteiger partial charge is 0.493 e. The minimum atomic E-state index is -0.546. The topological polar surface area (TPSA) is 93.3 Å². The second kappa shape index (κ2) is 8.81. The zero-order valence-electron chi connectivity index (χ0n) is 16.9.